The maximum absolute atomic E-state index is 14.7. The highest BCUT2D eigenvalue weighted by atomic mass is 32.2. The normalized spacial score (nSPS) is 19.8. The molecule has 2 aliphatic carbocycles. The number of benzene rings is 1. The van der Waals surface area contributed by atoms with Gasteiger partial charge in [-0.1, -0.05) is 37.3 Å². The second kappa shape index (κ2) is 19.3. The number of hydrogen-bond donors (Lipinski definition) is 6. The van der Waals surface area contributed by atoms with E-state index in [0.29, 0.717) is 18.5 Å². The smallest absolute Gasteiger partial charge is 0.341 e. The molecule has 2 heterocycles. The fourth-order valence-corrected chi connectivity index (χ4v) is 8.32. The summed E-state index contributed by atoms with van der Waals surface area (Å²) in [7, 11) is -4.92. The lowest BCUT2D eigenvalue weighted by molar-refractivity contribution is -0.142. The van der Waals surface area contributed by atoms with Crippen LogP contribution in [-0.2, 0) is 34.6 Å². The number of aromatic nitrogens is 3. The van der Waals surface area contributed by atoms with Crippen LogP contribution in [0.1, 0.15) is 113 Å². The summed E-state index contributed by atoms with van der Waals surface area (Å²) in [5.41, 5.74) is 4.13. The van der Waals surface area contributed by atoms with E-state index in [0.717, 1.165) is 69.2 Å². The van der Waals surface area contributed by atoms with Crippen LogP contribution in [0.2, 0.25) is 0 Å². The van der Waals surface area contributed by atoms with Gasteiger partial charge in [-0.3, -0.25) is 24.0 Å². The van der Waals surface area contributed by atoms with Gasteiger partial charge in [-0.15, -0.1) is 5.10 Å². The number of amides is 6. The number of nitrogens with two attached hydrogens (primary N) is 1. The summed E-state index contributed by atoms with van der Waals surface area (Å²) in [5.74, 6) is -8.20. The molecule has 3 fully saturated rings. The van der Waals surface area contributed by atoms with Crippen molar-refractivity contribution in [1.82, 2.24) is 41.2 Å². The third kappa shape index (κ3) is 11.8. The summed E-state index contributed by atoms with van der Waals surface area (Å²) in [6, 6.07) is -0.822. The van der Waals surface area contributed by atoms with E-state index in [9.17, 15) is 51.1 Å². The van der Waals surface area contributed by atoms with Gasteiger partial charge in [0, 0.05) is 31.1 Å². The first-order chi connectivity index (χ1) is 27.9. The van der Waals surface area contributed by atoms with Gasteiger partial charge in [0.25, 0.3) is 11.8 Å². The van der Waals surface area contributed by atoms with Crippen molar-refractivity contribution >= 4 is 45.3 Å². The number of hydrogen-bond acceptors (Lipinski definition) is 11. The first kappa shape index (κ1) is 45.0. The first-order valence-corrected chi connectivity index (χ1v) is 21.5. The molecule has 1 aromatic heterocycles. The molecule has 1 aromatic carbocycles. The first-order valence-electron chi connectivity index (χ1n) is 19.9. The molecule has 7 N–H and O–H groups in total. The Morgan fingerprint density at radius 1 is 0.966 bits per heavy atom. The molecule has 1 aliphatic heterocycles. The molecule has 3 aliphatic rings. The zero-order valence-corrected chi connectivity index (χ0v) is 33.9. The molecule has 0 bridgehead atoms. The average Bonchev–Trinajstić information content (AvgIpc) is 3.65. The molecule has 21 heteroatoms. The fraction of sp³-hybridized carbons (Fsp3) is 0.632. The predicted octanol–water partition coefficient (Wildman–Crippen LogP) is 1.58. The van der Waals surface area contributed by atoms with Crippen LogP contribution < -0.4 is 27.0 Å². The maximum Gasteiger partial charge on any atom is 0.341 e. The van der Waals surface area contributed by atoms with E-state index in [1.165, 1.54) is 29.6 Å². The van der Waals surface area contributed by atoms with Crippen LogP contribution in [0.4, 0.5) is 13.6 Å². The molecule has 1 saturated heterocycles. The van der Waals surface area contributed by atoms with Crippen molar-refractivity contribution in [2.24, 2.45) is 11.7 Å². The van der Waals surface area contributed by atoms with Gasteiger partial charge in [-0.2, -0.15) is 8.78 Å². The minimum Gasteiger partial charge on any atom is -0.384 e. The molecule has 59 heavy (non-hydrogen) atoms. The number of nitrogens with one attached hydrogen (secondary N) is 4. The monoisotopic (exact) mass is 849 g/mol. The molecule has 6 amide bonds. The molecule has 4 atom stereocenters. The molecule has 0 radical (unpaired) electrons. The summed E-state index contributed by atoms with van der Waals surface area (Å²) in [5, 5.41) is 29.8. The lowest BCUT2D eigenvalue weighted by atomic mass is 9.84. The van der Waals surface area contributed by atoms with Crippen LogP contribution in [0.3, 0.4) is 0 Å². The third-order valence-corrected chi connectivity index (χ3v) is 12.4. The number of nitrogens with zero attached hydrogens (tertiary/aromatic N) is 4. The van der Waals surface area contributed by atoms with Crippen molar-refractivity contribution in [3.8, 4) is 0 Å². The van der Waals surface area contributed by atoms with Crippen LogP contribution in [0, 0.1) is 5.92 Å². The van der Waals surface area contributed by atoms with Crippen molar-refractivity contribution in [3.63, 3.8) is 0 Å². The van der Waals surface area contributed by atoms with E-state index in [-0.39, 0.29) is 55.9 Å². The topological polar surface area (TPSA) is 265 Å². The molecule has 2 saturated carbocycles. The number of carbonyl (C=O) groups excluding carboxylic acids is 6. The molecular weight excluding hydrogens is 797 g/mol. The Hall–Kier alpha value is -5.05. The van der Waals surface area contributed by atoms with E-state index >= 15 is 0 Å². The summed E-state index contributed by atoms with van der Waals surface area (Å²) in [4.78, 5) is 80.3. The highest BCUT2D eigenvalue weighted by molar-refractivity contribution is 7.91. The zero-order valence-electron chi connectivity index (χ0n) is 33.1. The summed E-state index contributed by atoms with van der Waals surface area (Å²) < 4.78 is 51.7. The van der Waals surface area contributed by atoms with Gasteiger partial charge in [0.05, 0.1) is 28.9 Å². The molecule has 324 valence electrons. The molecular formula is C38H53F2N9O9S. The average molecular weight is 850 g/mol. The Morgan fingerprint density at radius 3 is 2.25 bits per heavy atom. The van der Waals surface area contributed by atoms with Crippen LogP contribution >= 0.6 is 0 Å². The molecule has 2 aromatic rings. The number of sulfone groups is 1. The number of aliphatic hydroxyl groups is 1. The lowest BCUT2D eigenvalue weighted by Gasteiger charge is -2.32. The second-order valence-corrected chi connectivity index (χ2v) is 18.0. The van der Waals surface area contributed by atoms with E-state index in [4.69, 9.17) is 5.73 Å². The number of halogens is 2. The summed E-state index contributed by atoms with van der Waals surface area (Å²) >= 11 is 0. The van der Waals surface area contributed by atoms with Gasteiger partial charge >= 0.3 is 11.8 Å². The van der Waals surface area contributed by atoms with Crippen LogP contribution in [0.5, 0.6) is 0 Å². The molecule has 2 unspecified atom stereocenters. The largest absolute Gasteiger partial charge is 0.384 e. The Kier molecular flexibility index (Phi) is 14.8. The predicted molar refractivity (Wildman–Crippen MR) is 206 cm³/mol. The Morgan fingerprint density at radius 2 is 1.64 bits per heavy atom. The Bertz CT molecular complexity index is 1960. The maximum atomic E-state index is 14.7. The molecule has 0 spiro atoms. The fourth-order valence-electron chi connectivity index (χ4n) is 7.60. The number of rotatable bonds is 19. The van der Waals surface area contributed by atoms with Crippen LogP contribution in [0.25, 0.3) is 0 Å². The minimum atomic E-state index is -4.92. The molecule has 18 nitrogen and oxygen atoms in total. The van der Waals surface area contributed by atoms with E-state index < -0.39 is 79.7 Å². The SMILES string of the molecule is CC(C)(O)c1cnnn1[C@H]1C[C@@H](C(=O)NC(CCCCNC(=O)NC2CC2)C(=O)C(N)=O)N(C(=O)C(CC2CCCCC2)NC(=O)c2ccc(S(=O)(=O)C(F)F)cc2)C1. The van der Waals surface area contributed by atoms with Gasteiger partial charge < -0.3 is 37.0 Å². The molecule has 5 rings (SSSR count). The van der Waals surface area contributed by atoms with Crippen molar-refractivity contribution in [1.29, 1.82) is 0 Å². The van der Waals surface area contributed by atoms with Gasteiger partial charge in [0.15, 0.2) is 0 Å². The van der Waals surface area contributed by atoms with Crippen molar-refractivity contribution < 1.29 is 51.1 Å². The summed E-state index contributed by atoms with van der Waals surface area (Å²) in [6.07, 6.45) is 8.39. The van der Waals surface area contributed by atoms with E-state index in [1.54, 1.807) is 0 Å². The van der Waals surface area contributed by atoms with Crippen LogP contribution in [0.15, 0.2) is 35.4 Å². The zero-order chi connectivity index (χ0) is 43.1. The highest BCUT2D eigenvalue weighted by Crippen LogP contribution is 2.34. The number of unbranched alkanes of at least 4 members (excludes halogenated alkanes) is 1. The van der Waals surface area contributed by atoms with Crippen molar-refractivity contribution in [3.05, 3.63) is 41.7 Å². The lowest BCUT2D eigenvalue weighted by Crippen LogP contribution is -2.56. The van der Waals surface area contributed by atoms with Crippen LogP contribution in [-0.4, -0.2) is 112 Å². The van der Waals surface area contributed by atoms with Gasteiger partial charge in [0.1, 0.15) is 17.7 Å². The van der Waals surface area contributed by atoms with Gasteiger partial charge in [-0.05, 0) is 82.6 Å². The number of primary amides is 1. The number of likely N-dealkylation sites (tertiary alicyclic amines) is 1. The van der Waals surface area contributed by atoms with Gasteiger partial charge in [0.2, 0.25) is 27.4 Å². The van der Waals surface area contributed by atoms with E-state index in [1.807, 2.05) is 0 Å². The number of alkyl halides is 2. The number of carbonyl (C=O) groups is 6. The van der Waals surface area contributed by atoms with Crippen molar-refractivity contribution in [2.45, 2.75) is 137 Å². The van der Waals surface area contributed by atoms with Crippen molar-refractivity contribution in [2.75, 3.05) is 13.1 Å². The number of Topliss-reactive ketones (excluding diaryl/α,β-unsaturated/α-hetero) is 1. The standard InChI is InChI=1S/C38H53F2N9O9S/c1-38(2,56)30-20-43-47-49(30)25-19-29(34(53)45-27(31(50)32(41)51)10-6-7-17-42-37(55)44-24-13-14-24)48(21-25)35(54)28(18-22-8-4-3-5-9-22)46-33(52)23-11-15-26(16-12-23)59(57,58)36(39)40/h11-12,15-16,20,22,24-25,27-29,36,56H,3-10,13-14,17-19,21H2,1-2H3,(H2,41,51)(H,45,53)(H,46,52)(H2,42,44,55)/t25-,27?,28?,29-/m0/s1. The van der Waals surface area contributed by atoms with Gasteiger partial charge in [-0.25, -0.2) is 17.9 Å². The summed E-state index contributed by atoms with van der Waals surface area (Å²) in [6.45, 7) is 3.17. The number of urea groups is 1. The van der Waals surface area contributed by atoms with E-state index in [2.05, 4.69) is 31.6 Å². The third-order valence-electron chi connectivity index (χ3n) is 11.0. The quantitative estimate of drug-likeness (QED) is 0.0873. The minimum absolute atomic E-state index is 0.00672. The Labute approximate surface area is 340 Å². The number of ketones is 1. The Balaban J connectivity index is 1.39. The highest BCUT2D eigenvalue weighted by Gasteiger charge is 2.45. The second-order valence-electron chi connectivity index (χ2n) is 16.1.